The summed E-state index contributed by atoms with van der Waals surface area (Å²) in [6, 6.07) is 12.2. The Hall–Kier alpha value is -1.86. The monoisotopic (exact) mass is 313 g/mol. The van der Waals surface area contributed by atoms with E-state index in [1.807, 2.05) is 12.1 Å². The van der Waals surface area contributed by atoms with Crippen LogP contribution in [0.15, 0.2) is 41.0 Å². The van der Waals surface area contributed by atoms with Crippen LogP contribution in [0.25, 0.3) is 0 Å². The third-order valence-corrected chi connectivity index (χ3v) is 4.16. The summed E-state index contributed by atoms with van der Waals surface area (Å²) in [6.07, 6.45) is 2.65. The van der Waals surface area contributed by atoms with Crippen molar-refractivity contribution in [3.63, 3.8) is 0 Å². The Bertz CT molecular complexity index is 643. The van der Waals surface area contributed by atoms with Crippen LogP contribution in [0.2, 0.25) is 0 Å². The molecule has 1 aromatic heterocycles. The zero-order chi connectivity index (χ0) is 13.2. The average molecular weight is 314 g/mol. The summed E-state index contributed by atoms with van der Waals surface area (Å²) in [7, 11) is 0. The van der Waals surface area contributed by atoms with Gasteiger partial charge in [-0.3, -0.25) is 0 Å². The molecule has 1 aromatic carbocycles. The van der Waals surface area contributed by atoms with Crippen molar-refractivity contribution in [1.82, 2.24) is 4.98 Å². The van der Waals surface area contributed by atoms with E-state index in [9.17, 15) is 0 Å². The van der Waals surface area contributed by atoms with Gasteiger partial charge in [-0.15, -0.1) is 0 Å². The quantitative estimate of drug-likeness (QED) is 0.811. The fraction of sp³-hybridized carbons (Fsp3) is 0.200. The Labute approximate surface area is 120 Å². The summed E-state index contributed by atoms with van der Waals surface area (Å²) in [5.41, 5.74) is 3.33. The van der Waals surface area contributed by atoms with Gasteiger partial charge in [0.2, 0.25) is 0 Å². The largest absolute Gasteiger partial charge is 0.352 e. The van der Waals surface area contributed by atoms with E-state index in [-0.39, 0.29) is 0 Å². The molecular weight excluding hydrogens is 302 g/mol. The Balaban J connectivity index is 1.89. The molecule has 2 aromatic rings. The molecule has 1 aliphatic rings. The summed E-state index contributed by atoms with van der Waals surface area (Å²) in [4.78, 5) is 6.61. The van der Waals surface area contributed by atoms with Crippen molar-refractivity contribution in [2.75, 3.05) is 11.4 Å². The van der Waals surface area contributed by atoms with Crippen molar-refractivity contribution in [2.45, 2.75) is 13.0 Å². The highest BCUT2D eigenvalue weighted by Gasteiger charge is 2.19. The Kier molecular flexibility index (Phi) is 3.22. The van der Waals surface area contributed by atoms with Crippen molar-refractivity contribution < 1.29 is 0 Å². The first-order chi connectivity index (χ1) is 9.28. The molecule has 3 rings (SSSR count). The first-order valence-corrected chi connectivity index (χ1v) is 6.94. The SMILES string of the molecule is N#Cc1ccc(N2CCc3cccc(Br)c3C2)nc1. The highest BCUT2D eigenvalue weighted by molar-refractivity contribution is 9.10. The lowest BCUT2D eigenvalue weighted by Gasteiger charge is -2.30. The topological polar surface area (TPSA) is 39.9 Å². The van der Waals surface area contributed by atoms with Gasteiger partial charge in [-0.1, -0.05) is 28.1 Å². The lowest BCUT2D eigenvalue weighted by molar-refractivity contribution is 0.718. The van der Waals surface area contributed by atoms with Crippen molar-refractivity contribution in [2.24, 2.45) is 0 Å². The molecule has 0 radical (unpaired) electrons. The molecule has 94 valence electrons. The zero-order valence-electron chi connectivity index (χ0n) is 10.3. The molecule has 0 aliphatic carbocycles. The molecule has 0 amide bonds. The summed E-state index contributed by atoms with van der Waals surface area (Å²) >= 11 is 3.61. The minimum Gasteiger partial charge on any atom is -0.352 e. The fourth-order valence-electron chi connectivity index (χ4n) is 2.37. The van der Waals surface area contributed by atoms with Gasteiger partial charge >= 0.3 is 0 Å². The Morgan fingerprint density at radius 3 is 2.89 bits per heavy atom. The van der Waals surface area contributed by atoms with Crippen LogP contribution >= 0.6 is 15.9 Å². The van der Waals surface area contributed by atoms with Gasteiger partial charge in [-0.2, -0.15) is 5.26 Å². The van der Waals surface area contributed by atoms with Gasteiger partial charge < -0.3 is 4.90 Å². The van der Waals surface area contributed by atoms with Crippen molar-refractivity contribution in [1.29, 1.82) is 5.26 Å². The number of benzene rings is 1. The maximum atomic E-state index is 8.80. The van der Waals surface area contributed by atoms with Crippen LogP contribution in [0, 0.1) is 11.3 Å². The molecular formula is C15H12BrN3. The molecule has 0 fully saturated rings. The number of nitrogens with zero attached hydrogens (tertiary/aromatic N) is 3. The fourth-order valence-corrected chi connectivity index (χ4v) is 2.91. The molecule has 2 heterocycles. The number of aromatic nitrogens is 1. The van der Waals surface area contributed by atoms with E-state index in [1.54, 1.807) is 6.20 Å². The zero-order valence-corrected chi connectivity index (χ0v) is 11.9. The van der Waals surface area contributed by atoms with Crippen LogP contribution < -0.4 is 4.90 Å². The first kappa shape index (κ1) is 12.2. The highest BCUT2D eigenvalue weighted by atomic mass is 79.9. The summed E-state index contributed by atoms with van der Waals surface area (Å²) in [6.45, 7) is 1.82. The van der Waals surface area contributed by atoms with Crippen molar-refractivity contribution >= 4 is 21.7 Å². The second-order valence-electron chi connectivity index (χ2n) is 4.57. The number of fused-ring (bicyclic) bond motifs is 1. The van der Waals surface area contributed by atoms with Crippen molar-refractivity contribution in [3.8, 4) is 6.07 Å². The van der Waals surface area contributed by atoms with Crippen molar-refractivity contribution in [3.05, 3.63) is 57.7 Å². The smallest absolute Gasteiger partial charge is 0.128 e. The number of hydrogen-bond donors (Lipinski definition) is 0. The number of nitriles is 1. The van der Waals surface area contributed by atoms with Crippen LogP contribution in [-0.2, 0) is 13.0 Å². The van der Waals surface area contributed by atoms with E-state index in [1.165, 1.54) is 11.1 Å². The summed E-state index contributed by atoms with van der Waals surface area (Å²) < 4.78 is 1.16. The molecule has 0 N–H and O–H groups in total. The van der Waals surface area contributed by atoms with Gasteiger partial charge in [-0.25, -0.2) is 4.98 Å². The molecule has 0 atom stereocenters. The average Bonchev–Trinajstić information content (AvgIpc) is 2.47. The summed E-state index contributed by atoms with van der Waals surface area (Å²) in [5, 5.41) is 8.80. The third kappa shape index (κ3) is 2.34. The molecule has 0 spiro atoms. The number of anilines is 1. The summed E-state index contributed by atoms with van der Waals surface area (Å²) in [5.74, 6) is 0.931. The van der Waals surface area contributed by atoms with E-state index in [0.717, 1.165) is 29.8 Å². The van der Waals surface area contributed by atoms with Crippen LogP contribution in [0.3, 0.4) is 0 Å². The predicted molar refractivity (Wildman–Crippen MR) is 77.8 cm³/mol. The van der Waals surface area contributed by atoms with E-state index in [4.69, 9.17) is 5.26 Å². The molecule has 1 aliphatic heterocycles. The van der Waals surface area contributed by atoms with Crippen LogP contribution in [-0.4, -0.2) is 11.5 Å². The lowest BCUT2D eigenvalue weighted by atomic mass is 10.00. The molecule has 0 saturated heterocycles. The predicted octanol–water partition coefficient (Wildman–Crippen LogP) is 3.28. The Morgan fingerprint density at radius 2 is 2.16 bits per heavy atom. The molecule has 19 heavy (non-hydrogen) atoms. The Morgan fingerprint density at radius 1 is 1.26 bits per heavy atom. The van der Waals surface area contributed by atoms with Crippen LogP contribution in [0.5, 0.6) is 0 Å². The van der Waals surface area contributed by atoms with Gasteiger partial charge in [0.25, 0.3) is 0 Å². The van der Waals surface area contributed by atoms with E-state index >= 15 is 0 Å². The first-order valence-electron chi connectivity index (χ1n) is 6.15. The van der Waals surface area contributed by atoms with E-state index in [2.05, 4.69) is 50.1 Å². The molecule has 0 unspecified atom stereocenters. The van der Waals surface area contributed by atoms with Gasteiger partial charge in [-0.05, 0) is 35.7 Å². The second-order valence-corrected chi connectivity index (χ2v) is 5.42. The standard InChI is InChI=1S/C15H12BrN3/c16-14-3-1-2-12-6-7-19(10-13(12)14)15-5-4-11(8-17)9-18-15/h1-5,9H,6-7,10H2. The van der Waals surface area contributed by atoms with Gasteiger partial charge in [0, 0.05) is 23.8 Å². The minimum atomic E-state index is 0.599. The van der Waals surface area contributed by atoms with E-state index in [0.29, 0.717) is 5.56 Å². The maximum Gasteiger partial charge on any atom is 0.128 e. The highest BCUT2D eigenvalue weighted by Crippen LogP contribution is 2.28. The van der Waals surface area contributed by atoms with Crippen LogP contribution in [0.4, 0.5) is 5.82 Å². The van der Waals surface area contributed by atoms with Gasteiger partial charge in [0.15, 0.2) is 0 Å². The molecule has 0 bridgehead atoms. The lowest BCUT2D eigenvalue weighted by Crippen LogP contribution is -2.31. The number of halogens is 1. The number of pyridine rings is 1. The molecule has 3 nitrogen and oxygen atoms in total. The normalized spacial score (nSPS) is 13.8. The minimum absolute atomic E-state index is 0.599. The van der Waals surface area contributed by atoms with Gasteiger partial charge in [0.05, 0.1) is 5.56 Å². The van der Waals surface area contributed by atoms with Crippen LogP contribution in [0.1, 0.15) is 16.7 Å². The maximum absolute atomic E-state index is 8.80. The molecule has 0 saturated carbocycles. The molecule has 4 heteroatoms. The number of hydrogen-bond acceptors (Lipinski definition) is 3. The van der Waals surface area contributed by atoms with Gasteiger partial charge in [0.1, 0.15) is 11.9 Å². The number of rotatable bonds is 1. The third-order valence-electron chi connectivity index (χ3n) is 3.42. The van der Waals surface area contributed by atoms with E-state index < -0.39 is 0 Å². The second kappa shape index (κ2) is 5.02.